The zero-order valence-corrected chi connectivity index (χ0v) is 16.7. The summed E-state index contributed by atoms with van der Waals surface area (Å²) in [4.78, 5) is 23.7. The van der Waals surface area contributed by atoms with Gasteiger partial charge in [-0.25, -0.2) is 14.4 Å². The van der Waals surface area contributed by atoms with Gasteiger partial charge in [-0.15, -0.1) is 11.3 Å². The largest absolute Gasteiger partial charge is 0.351 e. The van der Waals surface area contributed by atoms with Crippen LogP contribution in [0.4, 0.5) is 4.39 Å². The number of thioether (sulfide) groups is 1. The number of carbonyl (C=O) groups excluding carboxylic acids is 1. The van der Waals surface area contributed by atoms with E-state index in [1.807, 2.05) is 13.8 Å². The molecule has 0 radical (unpaired) electrons. The summed E-state index contributed by atoms with van der Waals surface area (Å²) in [5, 5.41) is 4.49. The predicted molar refractivity (Wildman–Crippen MR) is 105 cm³/mol. The van der Waals surface area contributed by atoms with Crippen molar-refractivity contribution in [3.05, 3.63) is 51.9 Å². The maximum Gasteiger partial charge on any atom is 0.233 e. The van der Waals surface area contributed by atoms with E-state index in [0.717, 1.165) is 20.8 Å². The van der Waals surface area contributed by atoms with Gasteiger partial charge in [-0.1, -0.05) is 23.9 Å². The molecule has 0 saturated heterocycles. The van der Waals surface area contributed by atoms with E-state index in [9.17, 15) is 9.18 Å². The number of aromatic nitrogens is 2. The maximum absolute atomic E-state index is 12.9. The van der Waals surface area contributed by atoms with Crippen molar-refractivity contribution in [2.45, 2.75) is 44.5 Å². The third kappa shape index (κ3) is 4.04. The fourth-order valence-corrected chi connectivity index (χ4v) is 4.77. The van der Waals surface area contributed by atoms with Crippen LogP contribution in [0.1, 0.15) is 28.8 Å². The topological polar surface area (TPSA) is 54.9 Å². The van der Waals surface area contributed by atoms with E-state index in [-0.39, 0.29) is 17.0 Å². The second-order valence-corrected chi connectivity index (χ2v) is 8.68. The summed E-state index contributed by atoms with van der Waals surface area (Å²) >= 11 is 3.10. The molecule has 1 atom stereocenters. The molecule has 4 nitrogen and oxygen atoms in total. The fourth-order valence-electron chi connectivity index (χ4n) is 2.56. The number of nitrogens with one attached hydrogen (secondary N) is 1. The Labute approximate surface area is 160 Å². The van der Waals surface area contributed by atoms with Crippen LogP contribution in [0.25, 0.3) is 10.2 Å². The highest BCUT2D eigenvalue weighted by molar-refractivity contribution is 8.00. The van der Waals surface area contributed by atoms with Crippen molar-refractivity contribution in [1.29, 1.82) is 0 Å². The standard InChI is InChI=1S/C19H20FN3OS2/c1-10-11(2)25-18-16(10)19(23-13(4)22-18)26-12(3)17(24)21-9-14-5-7-15(20)8-6-14/h5-8,12H,9H2,1-4H3,(H,21,24). The Balaban J connectivity index is 1.73. The number of nitrogens with zero attached hydrogens (tertiary/aromatic N) is 2. The average molecular weight is 390 g/mol. The number of hydrogen-bond acceptors (Lipinski definition) is 5. The van der Waals surface area contributed by atoms with Crippen LogP contribution in [0.3, 0.4) is 0 Å². The van der Waals surface area contributed by atoms with Crippen molar-refractivity contribution in [2.75, 3.05) is 0 Å². The zero-order valence-electron chi connectivity index (χ0n) is 15.1. The van der Waals surface area contributed by atoms with Crippen molar-refractivity contribution in [3.63, 3.8) is 0 Å². The summed E-state index contributed by atoms with van der Waals surface area (Å²) in [6.45, 7) is 8.24. The van der Waals surface area contributed by atoms with Crippen LogP contribution in [0.15, 0.2) is 29.3 Å². The van der Waals surface area contributed by atoms with E-state index in [0.29, 0.717) is 12.4 Å². The molecule has 2 aromatic heterocycles. The number of fused-ring (bicyclic) bond motifs is 1. The first kappa shape index (κ1) is 18.8. The van der Waals surface area contributed by atoms with Gasteiger partial charge in [0.05, 0.1) is 5.25 Å². The van der Waals surface area contributed by atoms with Crippen molar-refractivity contribution in [2.24, 2.45) is 0 Å². The highest BCUT2D eigenvalue weighted by Crippen LogP contribution is 2.36. The van der Waals surface area contributed by atoms with Gasteiger partial charge in [0, 0.05) is 16.8 Å². The number of rotatable bonds is 5. The highest BCUT2D eigenvalue weighted by Gasteiger charge is 2.20. The number of halogens is 1. The van der Waals surface area contributed by atoms with E-state index >= 15 is 0 Å². The van der Waals surface area contributed by atoms with E-state index in [2.05, 4.69) is 29.1 Å². The quantitative estimate of drug-likeness (QED) is 0.514. The summed E-state index contributed by atoms with van der Waals surface area (Å²) in [5.41, 5.74) is 2.04. The van der Waals surface area contributed by atoms with Gasteiger partial charge in [0.2, 0.25) is 5.91 Å². The zero-order chi connectivity index (χ0) is 18.8. The molecule has 0 aliphatic rings. The first-order valence-corrected chi connectivity index (χ1v) is 9.98. The number of amides is 1. The molecule has 0 aliphatic heterocycles. The third-order valence-corrected chi connectivity index (χ3v) is 6.33. The Bertz CT molecular complexity index is 954. The summed E-state index contributed by atoms with van der Waals surface area (Å²) in [6.07, 6.45) is 0. The lowest BCUT2D eigenvalue weighted by atomic mass is 10.2. The highest BCUT2D eigenvalue weighted by atomic mass is 32.2. The molecular weight excluding hydrogens is 369 g/mol. The van der Waals surface area contributed by atoms with Gasteiger partial charge in [-0.2, -0.15) is 0 Å². The molecule has 0 bridgehead atoms. The van der Waals surface area contributed by atoms with Crippen LogP contribution >= 0.6 is 23.1 Å². The fraction of sp³-hybridized carbons (Fsp3) is 0.316. The Morgan fingerprint density at radius 2 is 1.92 bits per heavy atom. The number of thiophene rings is 1. The first-order valence-electron chi connectivity index (χ1n) is 8.28. The Morgan fingerprint density at radius 3 is 2.62 bits per heavy atom. The number of aryl methyl sites for hydroxylation is 3. The minimum Gasteiger partial charge on any atom is -0.351 e. The summed E-state index contributed by atoms with van der Waals surface area (Å²) in [6, 6.07) is 6.12. The van der Waals surface area contributed by atoms with Crippen LogP contribution in [0.2, 0.25) is 0 Å². The first-order chi connectivity index (χ1) is 12.3. The monoisotopic (exact) mass is 389 g/mol. The molecule has 1 amide bonds. The number of carbonyl (C=O) groups is 1. The molecule has 26 heavy (non-hydrogen) atoms. The van der Waals surface area contributed by atoms with E-state index < -0.39 is 0 Å². The van der Waals surface area contributed by atoms with Gasteiger partial charge in [0.1, 0.15) is 21.5 Å². The van der Waals surface area contributed by atoms with Crippen LogP contribution < -0.4 is 5.32 Å². The molecule has 0 aliphatic carbocycles. The minimum atomic E-state index is -0.299. The van der Waals surface area contributed by atoms with Crippen molar-refractivity contribution in [3.8, 4) is 0 Å². The van der Waals surface area contributed by atoms with Crippen LogP contribution in [-0.4, -0.2) is 21.1 Å². The number of benzene rings is 1. The molecule has 0 saturated carbocycles. The van der Waals surface area contributed by atoms with Gasteiger partial charge in [0.25, 0.3) is 0 Å². The third-order valence-electron chi connectivity index (χ3n) is 4.14. The van der Waals surface area contributed by atoms with E-state index in [1.54, 1.807) is 23.5 Å². The number of hydrogen-bond donors (Lipinski definition) is 1. The molecule has 2 heterocycles. The molecule has 1 N–H and O–H groups in total. The Hall–Kier alpha value is -1.99. The summed E-state index contributed by atoms with van der Waals surface area (Å²) in [7, 11) is 0. The van der Waals surface area contributed by atoms with Gasteiger partial charge >= 0.3 is 0 Å². The molecule has 0 fully saturated rings. The lowest BCUT2D eigenvalue weighted by molar-refractivity contribution is -0.120. The normalized spacial score (nSPS) is 12.3. The van der Waals surface area contributed by atoms with Gasteiger partial charge in [0.15, 0.2) is 0 Å². The summed E-state index contributed by atoms with van der Waals surface area (Å²) < 4.78 is 12.9. The van der Waals surface area contributed by atoms with Crippen molar-refractivity contribution >= 4 is 39.2 Å². The van der Waals surface area contributed by atoms with Crippen LogP contribution in [0, 0.1) is 26.6 Å². The second kappa shape index (κ2) is 7.72. The maximum atomic E-state index is 12.9. The van der Waals surface area contributed by atoms with E-state index in [1.165, 1.54) is 34.3 Å². The lowest BCUT2D eigenvalue weighted by Gasteiger charge is -2.13. The van der Waals surface area contributed by atoms with Gasteiger partial charge in [-0.05, 0) is 51.0 Å². The Kier molecular flexibility index (Phi) is 5.58. The molecule has 3 aromatic rings. The second-order valence-electron chi connectivity index (χ2n) is 6.14. The smallest absolute Gasteiger partial charge is 0.233 e. The summed E-state index contributed by atoms with van der Waals surface area (Å²) in [5.74, 6) is 0.349. The van der Waals surface area contributed by atoms with Gasteiger partial charge in [-0.3, -0.25) is 4.79 Å². The van der Waals surface area contributed by atoms with E-state index in [4.69, 9.17) is 0 Å². The molecule has 7 heteroatoms. The van der Waals surface area contributed by atoms with Gasteiger partial charge < -0.3 is 5.32 Å². The van der Waals surface area contributed by atoms with Crippen molar-refractivity contribution in [1.82, 2.24) is 15.3 Å². The minimum absolute atomic E-state index is 0.0756. The Morgan fingerprint density at radius 1 is 1.23 bits per heavy atom. The predicted octanol–water partition coefficient (Wildman–Crippen LogP) is 4.55. The molecule has 1 aromatic carbocycles. The van der Waals surface area contributed by atoms with Crippen LogP contribution in [0.5, 0.6) is 0 Å². The van der Waals surface area contributed by atoms with Crippen molar-refractivity contribution < 1.29 is 9.18 Å². The molecule has 1 unspecified atom stereocenters. The molecular formula is C19H20FN3OS2. The molecule has 3 rings (SSSR count). The molecule has 136 valence electrons. The lowest BCUT2D eigenvalue weighted by Crippen LogP contribution is -2.30. The average Bonchev–Trinajstić information content (AvgIpc) is 2.88. The SMILES string of the molecule is Cc1nc(SC(C)C(=O)NCc2ccc(F)cc2)c2c(C)c(C)sc2n1. The van der Waals surface area contributed by atoms with Crippen LogP contribution in [-0.2, 0) is 11.3 Å². The molecule has 0 spiro atoms.